The zero-order valence-corrected chi connectivity index (χ0v) is 15.8. The number of hydrogen-bond donors (Lipinski definition) is 2. The molecule has 0 radical (unpaired) electrons. The molecule has 2 N–H and O–H groups in total. The number of methoxy groups -OCH3 is 2. The van der Waals surface area contributed by atoms with Crippen LogP contribution in [0, 0.1) is 0 Å². The first-order valence-corrected chi connectivity index (χ1v) is 8.84. The first-order valence-electron chi connectivity index (χ1n) is 8.84. The van der Waals surface area contributed by atoms with Crippen LogP contribution in [0.2, 0.25) is 0 Å². The number of amides is 2. The third kappa shape index (κ3) is 3.70. The van der Waals surface area contributed by atoms with Crippen LogP contribution in [-0.4, -0.2) is 26.0 Å². The smallest absolute Gasteiger partial charge is 0.259 e. The summed E-state index contributed by atoms with van der Waals surface area (Å²) in [5.41, 5.74) is 1.73. The second-order valence-corrected chi connectivity index (χ2v) is 6.32. The summed E-state index contributed by atoms with van der Waals surface area (Å²) in [4.78, 5) is 25.3. The maximum Gasteiger partial charge on any atom is 0.259 e. The van der Waals surface area contributed by atoms with Gasteiger partial charge in [0.2, 0.25) is 0 Å². The second kappa shape index (κ2) is 7.55. The van der Waals surface area contributed by atoms with E-state index in [0.29, 0.717) is 45.5 Å². The van der Waals surface area contributed by atoms with Gasteiger partial charge in [-0.2, -0.15) is 0 Å². The lowest BCUT2D eigenvalue weighted by molar-refractivity contribution is 0.101. The van der Waals surface area contributed by atoms with E-state index in [-0.39, 0.29) is 11.8 Å². The first kappa shape index (κ1) is 18.4. The maximum absolute atomic E-state index is 12.7. The number of carbonyl (C=O) groups excluding carboxylic acids is 2. The normalized spacial score (nSPS) is 11.9. The number of nitrogens with one attached hydrogen (secondary N) is 2. The molecule has 1 aliphatic heterocycles. The van der Waals surface area contributed by atoms with Crippen molar-refractivity contribution in [1.29, 1.82) is 0 Å². The standard InChI is InChI=1S/C22H18N2O5/c1-27-15-9-13(10-16(12-15)28-2)21(25)23-14-7-8-19-17(11-14)22(26)24-18-5-3-4-6-20(18)29-19/h3-12H,1-2H3,(H,23,25)(H,24,26). The molecule has 4 rings (SSSR count). The lowest BCUT2D eigenvalue weighted by Crippen LogP contribution is -2.14. The van der Waals surface area contributed by atoms with Crippen molar-refractivity contribution in [2.45, 2.75) is 0 Å². The number of para-hydroxylation sites is 2. The topological polar surface area (TPSA) is 85.9 Å². The number of anilines is 2. The molecule has 0 atom stereocenters. The molecule has 0 unspecified atom stereocenters. The van der Waals surface area contributed by atoms with Gasteiger partial charge in [0.15, 0.2) is 5.75 Å². The van der Waals surface area contributed by atoms with Gasteiger partial charge in [0, 0.05) is 17.3 Å². The van der Waals surface area contributed by atoms with Crippen molar-refractivity contribution in [2.24, 2.45) is 0 Å². The van der Waals surface area contributed by atoms with Crippen LogP contribution < -0.4 is 24.8 Å². The Morgan fingerprint density at radius 2 is 1.66 bits per heavy atom. The van der Waals surface area contributed by atoms with Gasteiger partial charge in [-0.15, -0.1) is 0 Å². The first-order chi connectivity index (χ1) is 14.1. The largest absolute Gasteiger partial charge is 0.497 e. The molecule has 0 bridgehead atoms. The highest BCUT2D eigenvalue weighted by Gasteiger charge is 2.21. The Kier molecular flexibility index (Phi) is 4.78. The monoisotopic (exact) mass is 390 g/mol. The van der Waals surface area contributed by atoms with E-state index in [1.54, 1.807) is 48.5 Å². The highest BCUT2D eigenvalue weighted by Crippen LogP contribution is 2.36. The van der Waals surface area contributed by atoms with E-state index in [1.807, 2.05) is 12.1 Å². The van der Waals surface area contributed by atoms with Gasteiger partial charge >= 0.3 is 0 Å². The van der Waals surface area contributed by atoms with Gasteiger partial charge in [-0.1, -0.05) is 12.1 Å². The lowest BCUT2D eigenvalue weighted by atomic mass is 10.1. The molecular formula is C22H18N2O5. The Bertz CT molecular complexity index is 1090. The van der Waals surface area contributed by atoms with E-state index < -0.39 is 0 Å². The zero-order chi connectivity index (χ0) is 20.4. The molecule has 3 aromatic carbocycles. The van der Waals surface area contributed by atoms with Crippen molar-refractivity contribution in [3.05, 3.63) is 71.8 Å². The van der Waals surface area contributed by atoms with E-state index in [9.17, 15) is 9.59 Å². The summed E-state index contributed by atoms with van der Waals surface area (Å²) >= 11 is 0. The minimum Gasteiger partial charge on any atom is -0.497 e. The van der Waals surface area contributed by atoms with Crippen LogP contribution >= 0.6 is 0 Å². The van der Waals surface area contributed by atoms with Crippen LogP contribution in [0.1, 0.15) is 20.7 Å². The van der Waals surface area contributed by atoms with Crippen LogP contribution in [-0.2, 0) is 0 Å². The Hall–Kier alpha value is -4.00. The number of hydrogen-bond acceptors (Lipinski definition) is 5. The fourth-order valence-corrected chi connectivity index (χ4v) is 2.98. The molecular weight excluding hydrogens is 372 g/mol. The van der Waals surface area contributed by atoms with Gasteiger partial charge in [-0.05, 0) is 42.5 Å². The molecule has 1 aliphatic rings. The SMILES string of the molecule is COc1cc(OC)cc(C(=O)Nc2ccc3c(c2)C(=O)Nc2ccccc2O3)c1. The summed E-state index contributed by atoms with van der Waals surface area (Å²) in [6.07, 6.45) is 0. The Morgan fingerprint density at radius 1 is 0.931 bits per heavy atom. The number of ether oxygens (including phenoxy) is 3. The van der Waals surface area contributed by atoms with E-state index in [4.69, 9.17) is 14.2 Å². The summed E-state index contributed by atoms with van der Waals surface area (Å²) in [6.45, 7) is 0. The van der Waals surface area contributed by atoms with E-state index in [2.05, 4.69) is 10.6 Å². The molecule has 2 amide bonds. The van der Waals surface area contributed by atoms with E-state index >= 15 is 0 Å². The van der Waals surface area contributed by atoms with Crippen LogP contribution in [0.5, 0.6) is 23.0 Å². The Morgan fingerprint density at radius 3 is 2.38 bits per heavy atom. The molecule has 0 fully saturated rings. The van der Waals surface area contributed by atoms with Crippen molar-refractivity contribution in [3.8, 4) is 23.0 Å². The summed E-state index contributed by atoms with van der Waals surface area (Å²) in [5, 5.41) is 5.60. The van der Waals surface area contributed by atoms with Crippen molar-refractivity contribution in [2.75, 3.05) is 24.9 Å². The number of benzene rings is 3. The minimum absolute atomic E-state index is 0.316. The predicted molar refractivity (Wildman–Crippen MR) is 108 cm³/mol. The molecule has 0 saturated carbocycles. The quantitative estimate of drug-likeness (QED) is 0.693. The van der Waals surface area contributed by atoms with E-state index in [1.165, 1.54) is 14.2 Å². The lowest BCUT2D eigenvalue weighted by Gasteiger charge is -2.11. The van der Waals surface area contributed by atoms with Gasteiger partial charge < -0.3 is 24.8 Å². The van der Waals surface area contributed by atoms with Crippen molar-refractivity contribution in [3.63, 3.8) is 0 Å². The number of carbonyl (C=O) groups is 2. The third-order valence-corrected chi connectivity index (χ3v) is 4.45. The molecule has 7 nitrogen and oxygen atoms in total. The van der Waals surface area contributed by atoms with Crippen LogP contribution in [0.15, 0.2) is 60.7 Å². The molecule has 0 aromatic heterocycles. The van der Waals surface area contributed by atoms with Crippen molar-refractivity contribution >= 4 is 23.2 Å². The Labute approximate surface area is 167 Å². The number of fused-ring (bicyclic) bond motifs is 2. The predicted octanol–water partition coefficient (Wildman–Crippen LogP) is 4.31. The molecule has 7 heteroatoms. The van der Waals surface area contributed by atoms with Crippen molar-refractivity contribution in [1.82, 2.24) is 0 Å². The van der Waals surface area contributed by atoms with Gasteiger partial charge in [-0.3, -0.25) is 9.59 Å². The Balaban J connectivity index is 1.61. The number of rotatable bonds is 4. The molecule has 29 heavy (non-hydrogen) atoms. The fourth-order valence-electron chi connectivity index (χ4n) is 2.98. The van der Waals surface area contributed by atoms with Gasteiger partial charge in [0.1, 0.15) is 17.2 Å². The van der Waals surface area contributed by atoms with Gasteiger partial charge in [0.05, 0.1) is 25.5 Å². The summed E-state index contributed by atoms with van der Waals surface area (Å²) < 4.78 is 16.3. The van der Waals surface area contributed by atoms with Crippen molar-refractivity contribution < 1.29 is 23.8 Å². The third-order valence-electron chi connectivity index (χ3n) is 4.45. The summed E-state index contributed by atoms with van der Waals surface area (Å²) in [7, 11) is 3.03. The highest BCUT2D eigenvalue weighted by molar-refractivity contribution is 6.10. The maximum atomic E-state index is 12.7. The molecule has 146 valence electrons. The van der Waals surface area contributed by atoms with Crippen LogP contribution in [0.3, 0.4) is 0 Å². The molecule has 0 aliphatic carbocycles. The molecule has 0 saturated heterocycles. The summed E-state index contributed by atoms with van der Waals surface area (Å²) in [5.74, 6) is 1.29. The van der Waals surface area contributed by atoms with Crippen LogP contribution in [0.4, 0.5) is 11.4 Å². The molecule has 0 spiro atoms. The van der Waals surface area contributed by atoms with Gasteiger partial charge in [0.25, 0.3) is 11.8 Å². The summed E-state index contributed by atoms with van der Waals surface area (Å²) in [6, 6.07) is 17.0. The molecule has 3 aromatic rings. The fraction of sp³-hybridized carbons (Fsp3) is 0.0909. The zero-order valence-electron chi connectivity index (χ0n) is 15.8. The molecule has 1 heterocycles. The highest BCUT2D eigenvalue weighted by atomic mass is 16.5. The average Bonchev–Trinajstić information content (AvgIpc) is 2.89. The average molecular weight is 390 g/mol. The minimum atomic E-state index is -0.361. The second-order valence-electron chi connectivity index (χ2n) is 6.32. The van der Waals surface area contributed by atoms with Gasteiger partial charge in [-0.25, -0.2) is 0 Å². The van der Waals surface area contributed by atoms with E-state index in [0.717, 1.165) is 0 Å². The van der Waals surface area contributed by atoms with Crippen LogP contribution in [0.25, 0.3) is 0 Å².